The zero-order valence-corrected chi connectivity index (χ0v) is 13.8. The van der Waals surface area contributed by atoms with Crippen LogP contribution in [0.2, 0.25) is 5.02 Å². The number of rotatable bonds is 7. The van der Waals surface area contributed by atoms with Gasteiger partial charge in [-0.05, 0) is 36.5 Å². The van der Waals surface area contributed by atoms with Gasteiger partial charge < -0.3 is 15.2 Å². The molecule has 1 amide bonds. The summed E-state index contributed by atoms with van der Waals surface area (Å²) in [7, 11) is 1.57. The van der Waals surface area contributed by atoms with Crippen molar-refractivity contribution in [3.05, 3.63) is 28.8 Å². The van der Waals surface area contributed by atoms with Crippen molar-refractivity contribution in [2.75, 3.05) is 13.7 Å². The lowest BCUT2D eigenvalue weighted by Gasteiger charge is -2.26. The van der Waals surface area contributed by atoms with Crippen LogP contribution in [0.5, 0.6) is 5.75 Å². The highest BCUT2D eigenvalue weighted by Gasteiger charge is 2.21. The van der Waals surface area contributed by atoms with E-state index in [1.807, 2.05) is 13.8 Å². The molecular weight excluding hydrogens is 290 g/mol. The molecule has 1 unspecified atom stereocenters. The first-order valence-electron chi connectivity index (χ1n) is 7.01. The van der Waals surface area contributed by atoms with Gasteiger partial charge in [0.25, 0.3) is 0 Å². The molecule has 0 aliphatic rings. The molecule has 0 radical (unpaired) electrons. The summed E-state index contributed by atoms with van der Waals surface area (Å²) in [6, 6.07) is 5.27. The molecule has 0 bridgehead atoms. The first-order valence-corrected chi connectivity index (χ1v) is 7.38. The molecule has 1 aromatic carbocycles. The van der Waals surface area contributed by atoms with Gasteiger partial charge in [-0.2, -0.15) is 0 Å². The fraction of sp³-hybridized carbons (Fsp3) is 0.562. The van der Waals surface area contributed by atoms with E-state index in [0.717, 1.165) is 5.56 Å². The Morgan fingerprint density at radius 2 is 2.14 bits per heavy atom. The molecule has 0 saturated carbocycles. The van der Waals surface area contributed by atoms with Gasteiger partial charge in [0.1, 0.15) is 5.75 Å². The maximum absolute atomic E-state index is 12.0. The Labute approximate surface area is 131 Å². The lowest BCUT2D eigenvalue weighted by molar-refractivity contribution is -0.121. The van der Waals surface area contributed by atoms with Gasteiger partial charge in [-0.15, -0.1) is 0 Å². The van der Waals surface area contributed by atoms with Crippen LogP contribution in [0, 0.1) is 5.41 Å². The van der Waals surface area contributed by atoms with Gasteiger partial charge >= 0.3 is 0 Å². The Hall–Kier alpha value is -1.26. The first kappa shape index (κ1) is 17.8. The average Bonchev–Trinajstić information content (AvgIpc) is 2.37. The van der Waals surface area contributed by atoms with Gasteiger partial charge in [0.15, 0.2) is 0 Å². The van der Waals surface area contributed by atoms with Crippen LogP contribution in [0.3, 0.4) is 0 Å². The summed E-state index contributed by atoms with van der Waals surface area (Å²) in [5.74, 6) is 0.586. The third kappa shape index (κ3) is 6.36. The van der Waals surface area contributed by atoms with Gasteiger partial charge in [0.2, 0.25) is 5.91 Å². The number of hydrogen-bond donors (Lipinski definition) is 2. The number of amides is 1. The van der Waals surface area contributed by atoms with Gasteiger partial charge in [0.05, 0.1) is 19.6 Å². The molecule has 118 valence electrons. The molecular formula is C16H24ClNO3. The fourth-order valence-corrected chi connectivity index (χ4v) is 2.48. The van der Waals surface area contributed by atoms with Crippen LogP contribution in [-0.2, 0) is 11.2 Å². The maximum atomic E-state index is 12.0. The summed E-state index contributed by atoms with van der Waals surface area (Å²) in [6.45, 7) is 6.30. The Bertz CT molecular complexity index is 486. The van der Waals surface area contributed by atoms with E-state index in [0.29, 0.717) is 23.7 Å². The van der Waals surface area contributed by atoms with Crippen molar-refractivity contribution in [2.45, 2.75) is 39.7 Å². The Morgan fingerprint density at radius 1 is 1.48 bits per heavy atom. The standard InChI is InChI=1S/C16H24ClNO3/c1-11(19)9-16(2,3)10-18-15(20)7-12-5-6-13(21-4)8-14(12)17/h5-6,8,11,19H,7,9-10H2,1-4H3,(H,18,20). The highest BCUT2D eigenvalue weighted by atomic mass is 35.5. The second kappa shape index (κ2) is 7.66. The molecule has 0 spiro atoms. The second-order valence-corrected chi connectivity index (χ2v) is 6.54. The van der Waals surface area contributed by atoms with Crippen LogP contribution in [0.15, 0.2) is 18.2 Å². The second-order valence-electron chi connectivity index (χ2n) is 6.13. The van der Waals surface area contributed by atoms with Gasteiger partial charge in [-0.25, -0.2) is 0 Å². The number of nitrogens with one attached hydrogen (secondary N) is 1. The molecule has 2 N–H and O–H groups in total. The van der Waals surface area contributed by atoms with Crippen molar-refractivity contribution < 1.29 is 14.6 Å². The zero-order valence-electron chi connectivity index (χ0n) is 13.1. The number of halogens is 1. The lowest BCUT2D eigenvalue weighted by Crippen LogP contribution is -2.36. The summed E-state index contributed by atoms with van der Waals surface area (Å²) in [5, 5.41) is 12.8. The number of hydrogen-bond acceptors (Lipinski definition) is 3. The number of carbonyl (C=O) groups is 1. The van der Waals surface area contributed by atoms with Crippen LogP contribution in [0.25, 0.3) is 0 Å². The van der Waals surface area contributed by atoms with E-state index in [1.165, 1.54) is 0 Å². The zero-order chi connectivity index (χ0) is 16.0. The molecule has 21 heavy (non-hydrogen) atoms. The minimum absolute atomic E-state index is 0.0827. The van der Waals surface area contributed by atoms with Crippen LogP contribution < -0.4 is 10.1 Å². The van der Waals surface area contributed by atoms with Crippen LogP contribution in [0.1, 0.15) is 32.8 Å². The van der Waals surface area contributed by atoms with Crippen LogP contribution >= 0.6 is 11.6 Å². The number of methoxy groups -OCH3 is 1. The molecule has 0 fully saturated rings. The minimum atomic E-state index is -0.382. The van der Waals surface area contributed by atoms with Crippen molar-refractivity contribution in [1.82, 2.24) is 5.32 Å². The van der Waals surface area contributed by atoms with Crippen molar-refractivity contribution in [3.8, 4) is 5.75 Å². The Kier molecular flexibility index (Phi) is 6.49. The summed E-state index contributed by atoms with van der Waals surface area (Å²) < 4.78 is 5.08. The topological polar surface area (TPSA) is 58.6 Å². The summed E-state index contributed by atoms with van der Waals surface area (Å²) in [5.41, 5.74) is 0.622. The highest BCUT2D eigenvalue weighted by Crippen LogP contribution is 2.23. The third-order valence-corrected chi connectivity index (χ3v) is 3.58. The third-order valence-electron chi connectivity index (χ3n) is 3.22. The van der Waals surface area contributed by atoms with E-state index >= 15 is 0 Å². The molecule has 0 heterocycles. The highest BCUT2D eigenvalue weighted by molar-refractivity contribution is 6.31. The Morgan fingerprint density at radius 3 is 2.67 bits per heavy atom. The van der Waals surface area contributed by atoms with Gasteiger partial charge in [0, 0.05) is 11.6 Å². The minimum Gasteiger partial charge on any atom is -0.497 e. The molecule has 1 rings (SSSR count). The van der Waals surface area contributed by atoms with E-state index in [-0.39, 0.29) is 23.8 Å². The maximum Gasteiger partial charge on any atom is 0.224 e. The number of benzene rings is 1. The molecule has 0 aromatic heterocycles. The molecule has 0 aliphatic carbocycles. The lowest BCUT2D eigenvalue weighted by atomic mass is 9.87. The molecule has 5 heteroatoms. The van der Waals surface area contributed by atoms with E-state index in [1.54, 1.807) is 32.2 Å². The smallest absolute Gasteiger partial charge is 0.224 e. The van der Waals surface area contributed by atoms with E-state index in [4.69, 9.17) is 16.3 Å². The van der Waals surface area contributed by atoms with E-state index in [2.05, 4.69) is 5.32 Å². The van der Waals surface area contributed by atoms with Crippen LogP contribution in [-0.4, -0.2) is 30.8 Å². The molecule has 0 aliphatic heterocycles. The van der Waals surface area contributed by atoms with Gasteiger partial charge in [-0.3, -0.25) is 4.79 Å². The normalized spacial score (nSPS) is 12.9. The van der Waals surface area contributed by atoms with E-state index < -0.39 is 0 Å². The number of carbonyl (C=O) groups excluding carboxylic acids is 1. The quantitative estimate of drug-likeness (QED) is 0.814. The molecule has 0 saturated heterocycles. The summed E-state index contributed by atoms with van der Waals surface area (Å²) >= 11 is 6.12. The molecule has 1 atom stereocenters. The molecule has 4 nitrogen and oxygen atoms in total. The largest absolute Gasteiger partial charge is 0.497 e. The van der Waals surface area contributed by atoms with Crippen LogP contribution in [0.4, 0.5) is 0 Å². The number of aliphatic hydroxyl groups excluding tert-OH is 1. The van der Waals surface area contributed by atoms with Gasteiger partial charge in [-0.1, -0.05) is 31.5 Å². The van der Waals surface area contributed by atoms with Crippen molar-refractivity contribution in [3.63, 3.8) is 0 Å². The van der Waals surface area contributed by atoms with Crippen molar-refractivity contribution in [2.24, 2.45) is 5.41 Å². The predicted octanol–water partition coefficient (Wildman–Crippen LogP) is 2.80. The Balaban J connectivity index is 2.54. The SMILES string of the molecule is COc1ccc(CC(=O)NCC(C)(C)CC(C)O)c(Cl)c1. The monoisotopic (exact) mass is 313 g/mol. The average molecular weight is 314 g/mol. The number of aliphatic hydroxyl groups is 1. The molecule has 1 aromatic rings. The fourth-order valence-electron chi connectivity index (χ4n) is 2.24. The van der Waals surface area contributed by atoms with Crippen molar-refractivity contribution in [1.29, 1.82) is 0 Å². The number of ether oxygens (including phenoxy) is 1. The van der Waals surface area contributed by atoms with Crippen molar-refractivity contribution >= 4 is 17.5 Å². The summed E-state index contributed by atoms with van der Waals surface area (Å²) in [6.07, 6.45) is 0.484. The predicted molar refractivity (Wildman–Crippen MR) is 84.8 cm³/mol. The summed E-state index contributed by atoms with van der Waals surface area (Å²) in [4.78, 5) is 12.0. The van der Waals surface area contributed by atoms with E-state index in [9.17, 15) is 9.90 Å². The first-order chi connectivity index (χ1) is 9.73.